The lowest BCUT2D eigenvalue weighted by atomic mass is 9.99. The molecule has 10 nitrogen and oxygen atoms in total. The molecule has 0 saturated carbocycles. The first-order valence-electron chi connectivity index (χ1n) is 10.9. The molecule has 0 radical (unpaired) electrons. The number of fused-ring (bicyclic) bond motifs is 1. The van der Waals surface area contributed by atoms with Crippen LogP contribution >= 0.6 is 0 Å². The van der Waals surface area contributed by atoms with E-state index in [0.717, 1.165) is 11.1 Å². The number of hydrogen-bond donors (Lipinski definition) is 3. The van der Waals surface area contributed by atoms with E-state index in [1.54, 1.807) is 37.2 Å². The zero-order chi connectivity index (χ0) is 24.6. The summed E-state index contributed by atoms with van der Waals surface area (Å²) in [5.74, 6) is -1.71. The van der Waals surface area contributed by atoms with Crippen LogP contribution in [0.15, 0.2) is 53.3 Å². The van der Waals surface area contributed by atoms with Gasteiger partial charge in [0.05, 0.1) is 29.7 Å². The number of hydrogen-bond acceptors (Lipinski definition) is 5. The topological polar surface area (TPSA) is 126 Å². The minimum absolute atomic E-state index is 0.172. The summed E-state index contributed by atoms with van der Waals surface area (Å²) in [6.07, 6.45) is 0.180. The normalized spacial score (nSPS) is 20.4. The van der Waals surface area contributed by atoms with Gasteiger partial charge < -0.3 is 15.7 Å². The summed E-state index contributed by atoms with van der Waals surface area (Å²) in [7, 11) is 3.34. The summed E-state index contributed by atoms with van der Waals surface area (Å²) in [6, 6.07) is 12.5. The Morgan fingerprint density at radius 1 is 1.03 bits per heavy atom. The number of nitrogens with zero attached hydrogens (tertiary/aromatic N) is 3. The van der Waals surface area contributed by atoms with Crippen molar-refractivity contribution < 1.29 is 19.5 Å². The third-order valence-corrected chi connectivity index (χ3v) is 6.31. The number of anilines is 1. The molecule has 0 unspecified atom stereocenters. The standard InChI is InChI=1S/C24H27N5O5/c1-14(30)25-17-12-20(23(32)33)29(22(17)15-7-5-4-6-8-15)13-21(31)26-16-9-10-18-19(11-16)28(3)24(34)27(18)2/h4-11,17,20,22H,12-13H2,1-3H3,(H,25,30)(H,26,31)(H,32,33)/t17-,20-,22-/m0/s1. The highest BCUT2D eigenvalue weighted by Crippen LogP contribution is 2.36. The average molecular weight is 466 g/mol. The number of carboxylic acid groups (broad SMARTS) is 1. The molecule has 1 aromatic heterocycles. The maximum atomic E-state index is 13.0. The minimum atomic E-state index is -1.05. The molecule has 1 aliphatic heterocycles. The van der Waals surface area contributed by atoms with Crippen LogP contribution in [0.3, 0.4) is 0 Å². The van der Waals surface area contributed by atoms with Gasteiger partial charge in [0, 0.05) is 26.7 Å². The lowest BCUT2D eigenvalue weighted by molar-refractivity contribution is -0.143. The van der Waals surface area contributed by atoms with Crippen LogP contribution in [-0.4, -0.2) is 55.6 Å². The van der Waals surface area contributed by atoms with E-state index >= 15 is 0 Å². The van der Waals surface area contributed by atoms with Crippen molar-refractivity contribution in [3.8, 4) is 0 Å². The van der Waals surface area contributed by atoms with Gasteiger partial charge in [0.1, 0.15) is 6.04 Å². The second-order valence-electron chi connectivity index (χ2n) is 8.58. The summed E-state index contributed by atoms with van der Waals surface area (Å²) in [6.45, 7) is 1.21. The Balaban J connectivity index is 1.61. The summed E-state index contributed by atoms with van der Waals surface area (Å²) in [5.41, 5.74) is 2.55. The van der Waals surface area contributed by atoms with Crippen LogP contribution in [0.2, 0.25) is 0 Å². The first-order valence-corrected chi connectivity index (χ1v) is 10.9. The van der Waals surface area contributed by atoms with Crippen LogP contribution in [0.5, 0.6) is 0 Å². The van der Waals surface area contributed by atoms with Gasteiger partial charge in [-0.25, -0.2) is 4.79 Å². The fraction of sp³-hybridized carbons (Fsp3) is 0.333. The Morgan fingerprint density at radius 3 is 2.35 bits per heavy atom. The smallest absolute Gasteiger partial charge is 0.328 e. The van der Waals surface area contributed by atoms with Crippen LogP contribution in [0.4, 0.5) is 5.69 Å². The van der Waals surface area contributed by atoms with Gasteiger partial charge in [-0.3, -0.25) is 28.4 Å². The van der Waals surface area contributed by atoms with Crippen LogP contribution in [-0.2, 0) is 28.5 Å². The monoisotopic (exact) mass is 465 g/mol. The molecule has 4 rings (SSSR count). The molecule has 34 heavy (non-hydrogen) atoms. The van der Waals surface area contributed by atoms with Gasteiger partial charge in [0.15, 0.2) is 0 Å². The molecule has 3 aromatic rings. The zero-order valence-corrected chi connectivity index (χ0v) is 19.2. The van der Waals surface area contributed by atoms with Crippen LogP contribution in [0.1, 0.15) is 24.9 Å². The zero-order valence-electron chi connectivity index (χ0n) is 19.2. The van der Waals surface area contributed by atoms with Crippen molar-refractivity contribution in [2.75, 3.05) is 11.9 Å². The molecule has 178 valence electrons. The molecule has 1 saturated heterocycles. The molecule has 1 fully saturated rings. The number of likely N-dealkylation sites (tertiary alicyclic amines) is 1. The Hall–Kier alpha value is -3.92. The van der Waals surface area contributed by atoms with E-state index < -0.39 is 30.0 Å². The number of nitrogens with one attached hydrogen (secondary N) is 2. The Morgan fingerprint density at radius 2 is 1.71 bits per heavy atom. The first-order chi connectivity index (χ1) is 16.2. The average Bonchev–Trinajstić information content (AvgIpc) is 3.24. The lowest BCUT2D eigenvalue weighted by Gasteiger charge is -2.30. The van der Waals surface area contributed by atoms with E-state index in [-0.39, 0.29) is 24.6 Å². The molecule has 10 heteroatoms. The molecular formula is C24H27N5O5. The summed E-state index contributed by atoms with van der Waals surface area (Å²) >= 11 is 0. The van der Waals surface area contributed by atoms with Crippen LogP contribution in [0, 0.1) is 0 Å². The van der Waals surface area contributed by atoms with Gasteiger partial charge in [0.2, 0.25) is 11.8 Å². The van der Waals surface area contributed by atoms with E-state index in [2.05, 4.69) is 10.6 Å². The number of carboxylic acids is 1. The lowest BCUT2D eigenvalue weighted by Crippen LogP contribution is -2.44. The number of imidazole rings is 1. The first kappa shape index (κ1) is 23.2. The number of aromatic nitrogens is 2. The third-order valence-electron chi connectivity index (χ3n) is 6.31. The highest BCUT2D eigenvalue weighted by Gasteiger charge is 2.46. The van der Waals surface area contributed by atoms with Crippen LogP contribution < -0.4 is 16.3 Å². The van der Waals surface area contributed by atoms with Crippen molar-refractivity contribution in [2.24, 2.45) is 14.1 Å². The molecule has 0 aliphatic carbocycles. The molecule has 0 bridgehead atoms. The summed E-state index contributed by atoms with van der Waals surface area (Å²) in [5, 5.41) is 15.5. The minimum Gasteiger partial charge on any atom is -0.480 e. The van der Waals surface area contributed by atoms with Crippen molar-refractivity contribution in [3.63, 3.8) is 0 Å². The molecule has 3 atom stereocenters. The van der Waals surface area contributed by atoms with Gasteiger partial charge in [-0.15, -0.1) is 0 Å². The molecule has 2 amide bonds. The molecule has 0 spiro atoms. The maximum absolute atomic E-state index is 13.0. The Bertz CT molecular complexity index is 1310. The quantitative estimate of drug-likeness (QED) is 0.503. The van der Waals surface area contributed by atoms with E-state index in [1.165, 1.54) is 16.1 Å². The fourth-order valence-electron chi connectivity index (χ4n) is 4.80. The van der Waals surface area contributed by atoms with Gasteiger partial charge in [-0.1, -0.05) is 30.3 Å². The summed E-state index contributed by atoms with van der Waals surface area (Å²) < 4.78 is 3.02. The number of benzene rings is 2. The number of amides is 2. The number of aryl methyl sites for hydroxylation is 2. The van der Waals surface area contributed by atoms with Crippen molar-refractivity contribution in [1.29, 1.82) is 0 Å². The Labute approximate surface area is 195 Å². The van der Waals surface area contributed by atoms with E-state index in [0.29, 0.717) is 11.2 Å². The predicted octanol–water partition coefficient (Wildman–Crippen LogP) is 1.22. The second-order valence-corrected chi connectivity index (χ2v) is 8.58. The van der Waals surface area contributed by atoms with E-state index in [9.17, 15) is 24.3 Å². The molecule has 1 aliphatic rings. The van der Waals surface area contributed by atoms with Crippen molar-refractivity contribution in [2.45, 2.75) is 31.5 Å². The molecular weight excluding hydrogens is 438 g/mol. The highest BCUT2D eigenvalue weighted by molar-refractivity contribution is 5.95. The van der Waals surface area contributed by atoms with E-state index in [1.807, 2.05) is 30.3 Å². The third kappa shape index (κ3) is 4.32. The molecule has 3 N–H and O–H groups in total. The maximum Gasteiger partial charge on any atom is 0.328 e. The van der Waals surface area contributed by atoms with Gasteiger partial charge in [0.25, 0.3) is 0 Å². The molecule has 2 heterocycles. The number of carbonyl (C=O) groups excluding carboxylic acids is 2. The van der Waals surface area contributed by atoms with Crippen molar-refractivity contribution >= 4 is 34.5 Å². The van der Waals surface area contributed by atoms with E-state index in [4.69, 9.17) is 0 Å². The Kier molecular flexibility index (Phi) is 6.25. The van der Waals surface area contributed by atoms with Crippen molar-refractivity contribution in [1.82, 2.24) is 19.4 Å². The summed E-state index contributed by atoms with van der Waals surface area (Å²) in [4.78, 5) is 50.7. The number of aliphatic carboxylic acids is 1. The number of carbonyl (C=O) groups is 3. The van der Waals surface area contributed by atoms with Crippen LogP contribution in [0.25, 0.3) is 11.0 Å². The number of rotatable bonds is 6. The largest absolute Gasteiger partial charge is 0.480 e. The van der Waals surface area contributed by atoms with Gasteiger partial charge in [-0.2, -0.15) is 0 Å². The highest BCUT2D eigenvalue weighted by atomic mass is 16.4. The van der Waals surface area contributed by atoms with Gasteiger partial charge >= 0.3 is 11.7 Å². The molecule has 2 aromatic carbocycles. The van der Waals surface area contributed by atoms with Crippen molar-refractivity contribution in [3.05, 3.63) is 64.6 Å². The predicted molar refractivity (Wildman–Crippen MR) is 126 cm³/mol. The fourth-order valence-corrected chi connectivity index (χ4v) is 4.80. The SMILES string of the molecule is CC(=O)N[C@H]1C[C@@H](C(=O)O)N(CC(=O)Nc2ccc3c(c2)n(C)c(=O)n3C)[C@H]1c1ccccc1. The van der Waals surface area contributed by atoms with Gasteiger partial charge in [-0.05, 0) is 30.2 Å². The second kappa shape index (κ2) is 9.14.